The van der Waals surface area contributed by atoms with Crippen LogP contribution >= 0.6 is 0 Å². The minimum Gasteiger partial charge on any atom is -0.358 e. The lowest BCUT2D eigenvalue weighted by molar-refractivity contribution is -0.121. The van der Waals surface area contributed by atoms with Gasteiger partial charge in [-0.05, 0) is 13.5 Å². The summed E-state index contributed by atoms with van der Waals surface area (Å²) in [5.41, 5.74) is 0. The van der Waals surface area contributed by atoms with Crippen molar-refractivity contribution in [3.8, 4) is 0 Å². The van der Waals surface area contributed by atoms with E-state index >= 15 is 0 Å². The van der Waals surface area contributed by atoms with Crippen LogP contribution < -0.4 is 5.32 Å². The predicted molar refractivity (Wildman–Crippen MR) is 78.8 cm³/mol. The first-order valence-corrected chi connectivity index (χ1v) is 7.45. The lowest BCUT2D eigenvalue weighted by Gasteiger charge is -2.23. The Hall–Kier alpha value is -1.47. The Kier molecular flexibility index (Phi) is 5.30. The molecule has 0 saturated carbocycles. The van der Waals surface area contributed by atoms with E-state index in [1.807, 2.05) is 13.8 Å². The van der Waals surface area contributed by atoms with Crippen LogP contribution in [0.2, 0.25) is 0 Å². The maximum absolute atomic E-state index is 11.4. The highest BCUT2D eigenvalue weighted by Gasteiger charge is 2.27. The monoisotopic (exact) mass is 295 g/mol. The van der Waals surface area contributed by atoms with Crippen LogP contribution in [0.4, 0.5) is 0 Å². The number of carbonyl (C=O) groups is 1. The van der Waals surface area contributed by atoms with Crippen molar-refractivity contribution in [1.29, 1.82) is 0 Å². The van der Waals surface area contributed by atoms with Gasteiger partial charge in [-0.2, -0.15) is 4.98 Å². The Bertz CT molecular complexity index is 474. The largest absolute Gasteiger partial charge is 0.358 e. The van der Waals surface area contributed by atoms with E-state index in [0.29, 0.717) is 25.0 Å². The molecular weight excluding hydrogens is 270 g/mol. The second-order valence-corrected chi connectivity index (χ2v) is 5.97. The molecule has 1 atom stereocenters. The van der Waals surface area contributed by atoms with Gasteiger partial charge >= 0.3 is 0 Å². The zero-order chi connectivity index (χ0) is 15.4. The maximum Gasteiger partial charge on any atom is 0.233 e. The normalized spacial score (nSPS) is 19.6. The van der Waals surface area contributed by atoms with Crippen molar-refractivity contribution in [3.05, 3.63) is 11.7 Å². The number of carbonyl (C=O) groups excluding carboxylic acids is 1. The molecule has 2 heterocycles. The molecule has 0 radical (unpaired) electrons. The molecule has 21 heavy (non-hydrogen) atoms. The maximum atomic E-state index is 11.4. The number of rotatable bonds is 6. The van der Waals surface area contributed by atoms with Crippen LogP contribution in [0, 0.1) is 0 Å². The van der Waals surface area contributed by atoms with E-state index in [-0.39, 0.29) is 11.8 Å². The number of hydrogen-bond donors (Lipinski definition) is 1. The third-order valence-electron chi connectivity index (χ3n) is 3.89. The van der Waals surface area contributed by atoms with Gasteiger partial charge in [-0.3, -0.25) is 14.6 Å². The molecule has 7 nitrogen and oxygen atoms in total. The van der Waals surface area contributed by atoms with E-state index in [1.165, 1.54) is 0 Å². The number of amides is 1. The van der Waals surface area contributed by atoms with Crippen molar-refractivity contribution in [1.82, 2.24) is 25.3 Å². The highest BCUT2D eigenvalue weighted by molar-refractivity contribution is 5.77. The minimum atomic E-state index is 0.0676. The molecule has 2 rings (SSSR count). The van der Waals surface area contributed by atoms with Gasteiger partial charge in [-0.1, -0.05) is 19.0 Å². The molecule has 1 fully saturated rings. The molecule has 1 aromatic heterocycles. The van der Waals surface area contributed by atoms with Gasteiger partial charge in [0.25, 0.3) is 0 Å². The van der Waals surface area contributed by atoms with Crippen LogP contribution in [0.1, 0.15) is 37.9 Å². The van der Waals surface area contributed by atoms with Gasteiger partial charge in [0.2, 0.25) is 11.8 Å². The SMILES string of the molecule is CNC(=O)CN1CCC(N(C)Cc2noc(C(C)C)n2)C1. The van der Waals surface area contributed by atoms with Crippen molar-refractivity contribution in [2.24, 2.45) is 0 Å². The van der Waals surface area contributed by atoms with Crippen LogP contribution in [0.5, 0.6) is 0 Å². The third-order valence-corrected chi connectivity index (χ3v) is 3.89. The quantitative estimate of drug-likeness (QED) is 0.821. The molecule has 118 valence electrons. The van der Waals surface area contributed by atoms with Crippen LogP contribution in [0.15, 0.2) is 4.52 Å². The van der Waals surface area contributed by atoms with Gasteiger partial charge in [-0.25, -0.2) is 0 Å². The molecule has 0 spiro atoms. The van der Waals surface area contributed by atoms with E-state index in [2.05, 4.69) is 32.3 Å². The summed E-state index contributed by atoms with van der Waals surface area (Å²) in [7, 11) is 3.74. The average Bonchev–Trinajstić information content (AvgIpc) is 3.07. The molecule has 7 heteroatoms. The summed E-state index contributed by atoms with van der Waals surface area (Å²) in [6.45, 7) is 7.07. The molecular formula is C14H25N5O2. The Balaban J connectivity index is 1.83. The fraction of sp³-hybridized carbons (Fsp3) is 0.786. The number of nitrogens with one attached hydrogen (secondary N) is 1. The molecule has 1 N–H and O–H groups in total. The fourth-order valence-electron chi connectivity index (χ4n) is 2.52. The average molecular weight is 295 g/mol. The van der Waals surface area contributed by atoms with Crippen molar-refractivity contribution < 1.29 is 9.32 Å². The summed E-state index contributed by atoms with van der Waals surface area (Å²) in [5, 5.41) is 6.69. The zero-order valence-corrected chi connectivity index (χ0v) is 13.3. The van der Waals surface area contributed by atoms with E-state index in [1.54, 1.807) is 7.05 Å². The smallest absolute Gasteiger partial charge is 0.233 e. The van der Waals surface area contributed by atoms with Crippen LogP contribution in [0.3, 0.4) is 0 Å². The highest BCUT2D eigenvalue weighted by atomic mass is 16.5. The van der Waals surface area contributed by atoms with Crippen molar-refractivity contribution in [3.63, 3.8) is 0 Å². The van der Waals surface area contributed by atoms with Crippen molar-refractivity contribution in [2.75, 3.05) is 33.7 Å². The number of hydrogen-bond acceptors (Lipinski definition) is 6. The van der Waals surface area contributed by atoms with Gasteiger partial charge in [0.1, 0.15) is 0 Å². The summed E-state index contributed by atoms with van der Waals surface area (Å²) >= 11 is 0. The first-order chi connectivity index (χ1) is 9.99. The first kappa shape index (κ1) is 15.9. The summed E-state index contributed by atoms with van der Waals surface area (Å²) in [4.78, 5) is 20.2. The van der Waals surface area contributed by atoms with Gasteiger partial charge < -0.3 is 9.84 Å². The Morgan fingerprint density at radius 1 is 1.57 bits per heavy atom. The van der Waals surface area contributed by atoms with Crippen molar-refractivity contribution in [2.45, 2.75) is 38.8 Å². The topological polar surface area (TPSA) is 74.5 Å². The molecule has 0 aliphatic carbocycles. The van der Waals surface area contributed by atoms with E-state index in [0.717, 1.165) is 25.3 Å². The van der Waals surface area contributed by atoms with E-state index < -0.39 is 0 Å². The number of nitrogens with zero attached hydrogens (tertiary/aromatic N) is 4. The zero-order valence-electron chi connectivity index (χ0n) is 13.3. The molecule has 1 aromatic rings. The third kappa shape index (κ3) is 4.25. The highest BCUT2D eigenvalue weighted by Crippen LogP contribution is 2.17. The summed E-state index contributed by atoms with van der Waals surface area (Å²) in [6.07, 6.45) is 1.06. The molecule has 1 saturated heterocycles. The molecule has 0 bridgehead atoms. The fourth-order valence-corrected chi connectivity index (χ4v) is 2.52. The molecule has 0 aromatic carbocycles. The van der Waals surface area contributed by atoms with Gasteiger partial charge in [0, 0.05) is 32.1 Å². The number of aromatic nitrogens is 2. The van der Waals surface area contributed by atoms with E-state index in [4.69, 9.17) is 4.52 Å². The molecule has 1 amide bonds. The lowest BCUT2D eigenvalue weighted by atomic mass is 10.2. The predicted octanol–water partition coefficient (Wildman–Crippen LogP) is 0.445. The lowest BCUT2D eigenvalue weighted by Crippen LogP contribution is -2.38. The second-order valence-electron chi connectivity index (χ2n) is 5.97. The second kappa shape index (κ2) is 7.00. The van der Waals surface area contributed by atoms with Crippen LogP contribution in [-0.2, 0) is 11.3 Å². The number of likely N-dealkylation sites (N-methyl/N-ethyl adjacent to an activating group) is 2. The summed E-state index contributed by atoms with van der Waals surface area (Å²) in [5.74, 6) is 1.74. The number of likely N-dealkylation sites (tertiary alicyclic amines) is 1. The molecule has 1 unspecified atom stereocenters. The van der Waals surface area contributed by atoms with E-state index in [9.17, 15) is 4.79 Å². The Morgan fingerprint density at radius 3 is 2.95 bits per heavy atom. The standard InChI is InChI=1S/C14H25N5O2/c1-10(2)14-16-12(17-21-14)8-18(4)11-5-6-19(7-11)9-13(20)15-3/h10-11H,5-9H2,1-4H3,(H,15,20). The van der Waals surface area contributed by atoms with Gasteiger partial charge in [-0.15, -0.1) is 0 Å². The van der Waals surface area contributed by atoms with Crippen LogP contribution in [-0.4, -0.2) is 65.6 Å². The van der Waals surface area contributed by atoms with Gasteiger partial charge in [0.15, 0.2) is 5.82 Å². The first-order valence-electron chi connectivity index (χ1n) is 7.45. The summed E-state index contributed by atoms with van der Waals surface area (Å²) in [6, 6.07) is 0.427. The van der Waals surface area contributed by atoms with Crippen LogP contribution in [0.25, 0.3) is 0 Å². The summed E-state index contributed by atoms with van der Waals surface area (Å²) < 4.78 is 5.23. The Morgan fingerprint density at radius 2 is 2.33 bits per heavy atom. The Labute approximate surface area is 125 Å². The van der Waals surface area contributed by atoms with Gasteiger partial charge in [0.05, 0.1) is 13.1 Å². The molecule has 1 aliphatic heterocycles. The van der Waals surface area contributed by atoms with Crippen molar-refractivity contribution >= 4 is 5.91 Å². The minimum absolute atomic E-state index is 0.0676. The molecule has 1 aliphatic rings.